The van der Waals surface area contributed by atoms with E-state index < -0.39 is 8.87 Å². The lowest BCUT2D eigenvalue weighted by Crippen LogP contribution is -1.92. The Kier molecular flexibility index (Phi) is 2.42. The molecule has 0 fully saturated rings. The quantitative estimate of drug-likeness (QED) is 0.574. The van der Waals surface area contributed by atoms with Gasteiger partial charge in [0.05, 0.1) is 5.69 Å². The molecule has 4 nitrogen and oxygen atoms in total. The average molecular weight is 227 g/mol. The van der Waals surface area contributed by atoms with E-state index in [0.29, 0.717) is 5.69 Å². The van der Waals surface area contributed by atoms with Crippen LogP contribution in [-0.4, -0.2) is 18.2 Å². The third-order valence-corrected chi connectivity index (χ3v) is 3.46. The van der Waals surface area contributed by atoms with Gasteiger partial charge in [-0.05, 0) is 18.6 Å². The zero-order valence-corrected chi connectivity index (χ0v) is 8.91. The predicted octanol–water partition coefficient (Wildman–Crippen LogP) is 1.00. The first-order valence-corrected chi connectivity index (χ1v) is 5.92. The molecule has 0 amide bonds. The summed E-state index contributed by atoms with van der Waals surface area (Å²) >= 11 is 9.10. The summed E-state index contributed by atoms with van der Waals surface area (Å²) < 4.78 is 23.3. The van der Waals surface area contributed by atoms with E-state index in [0.717, 1.165) is 0 Å². The highest BCUT2D eigenvalue weighted by molar-refractivity contribution is 8.63. The first-order valence-electron chi connectivity index (χ1n) is 3.00. The third-order valence-electron chi connectivity index (χ3n) is 1.36. The lowest BCUT2D eigenvalue weighted by atomic mass is 10.5. The van der Waals surface area contributed by atoms with Crippen molar-refractivity contribution in [2.75, 3.05) is 0 Å². The second-order valence-electron chi connectivity index (χ2n) is 2.30. The van der Waals surface area contributed by atoms with Crippen LogP contribution in [0.2, 0.25) is 5.15 Å². The summed E-state index contributed by atoms with van der Waals surface area (Å²) in [5.41, 5.74) is 0.359. The van der Waals surface area contributed by atoms with Gasteiger partial charge in [0.1, 0.15) is 10.0 Å². The minimum atomic E-state index is -3.56. The van der Waals surface area contributed by atoms with Crippen molar-refractivity contribution >= 4 is 32.1 Å². The highest BCUT2D eigenvalue weighted by Gasteiger charge is 2.21. The Hall–Kier alpha value is -0.200. The maximum Gasteiger partial charge on any atom is 0.232 e. The average Bonchev–Trinajstić information content (AvgIpc) is 2.05. The van der Waals surface area contributed by atoms with E-state index in [2.05, 4.69) is 16.8 Å². The monoisotopic (exact) mass is 226 g/mol. The molecule has 0 aliphatic rings. The van der Waals surface area contributed by atoms with Gasteiger partial charge in [-0.2, -0.15) is 5.10 Å². The summed E-state index contributed by atoms with van der Waals surface area (Å²) in [5, 5.41) is 3.92. The highest BCUT2D eigenvalue weighted by atomic mass is 35.5. The Bertz CT molecular complexity index is 409. The normalized spacial score (nSPS) is 12.0. The second kappa shape index (κ2) is 2.93. The molecular weight excluding hydrogens is 220 g/mol. The summed E-state index contributed by atoms with van der Waals surface area (Å²) in [4.78, 5) is -0.0185. The smallest absolute Gasteiger partial charge is 0.232 e. The lowest BCUT2D eigenvalue weighted by Gasteiger charge is -1.93. The van der Waals surface area contributed by atoms with E-state index in [9.17, 15) is 8.42 Å². The van der Waals surface area contributed by atoms with Gasteiger partial charge in [0.25, 0.3) is 0 Å². The molecule has 0 unspecified atom stereocenters. The third kappa shape index (κ3) is 1.60. The van der Waals surface area contributed by atoms with Gasteiger partial charge in [0, 0.05) is 7.05 Å². The largest absolute Gasteiger partial charge is 0.255 e. The number of halogens is 1. The fourth-order valence-corrected chi connectivity index (χ4v) is 2.96. The van der Waals surface area contributed by atoms with E-state index in [1.54, 1.807) is 14.0 Å². The molecular formula is C5H7ClN2O2S2. The Balaban J connectivity index is 3.54. The maximum atomic E-state index is 11.0. The van der Waals surface area contributed by atoms with Crippen LogP contribution in [0.4, 0.5) is 0 Å². The van der Waals surface area contributed by atoms with Crippen LogP contribution in [0.3, 0.4) is 0 Å². The molecule has 68 valence electrons. The van der Waals surface area contributed by atoms with Crippen molar-refractivity contribution in [1.82, 2.24) is 9.78 Å². The van der Waals surface area contributed by atoms with Crippen molar-refractivity contribution in [2.45, 2.75) is 11.8 Å². The summed E-state index contributed by atoms with van der Waals surface area (Å²) in [7, 11) is -2.00. The molecule has 1 aromatic rings. The second-order valence-corrected chi connectivity index (χ2v) is 5.46. The first kappa shape index (κ1) is 9.88. The molecule has 0 N–H and O–H groups in total. The number of aryl methyl sites for hydroxylation is 2. The topological polar surface area (TPSA) is 52.0 Å². The summed E-state index contributed by atoms with van der Waals surface area (Å²) in [5.74, 6) is 0. The van der Waals surface area contributed by atoms with Gasteiger partial charge in [0.2, 0.25) is 8.87 Å². The molecule has 0 aliphatic carbocycles. The first-order chi connectivity index (χ1) is 5.34. The van der Waals surface area contributed by atoms with Crippen molar-refractivity contribution in [1.29, 1.82) is 0 Å². The molecule has 0 aromatic carbocycles. The standard InChI is InChI=1S/C5H7ClN2O2S2/c1-3-4(12(9,10)11)5(6)8(2)7-3/h1-2H3,(H,9,10,11). The fourth-order valence-electron chi connectivity index (χ4n) is 0.904. The highest BCUT2D eigenvalue weighted by Crippen LogP contribution is 2.26. The van der Waals surface area contributed by atoms with Crippen LogP contribution >= 0.6 is 23.3 Å². The zero-order valence-electron chi connectivity index (χ0n) is 6.44. The Morgan fingerprint density at radius 2 is 2.08 bits per heavy atom. The van der Waals surface area contributed by atoms with Crippen LogP contribution in [0.5, 0.6) is 0 Å². The van der Waals surface area contributed by atoms with Gasteiger partial charge in [-0.1, -0.05) is 11.6 Å². The number of nitrogens with zero attached hydrogens (tertiary/aromatic N) is 2. The SMILES string of the molecule is Cc1nn(C)c(Cl)c1S(=O)(=O)S. The number of aromatic nitrogens is 2. The summed E-state index contributed by atoms with van der Waals surface area (Å²) in [6.45, 7) is 1.56. The molecule has 0 radical (unpaired) electrons. The molecule has 1 rings (SSSR count). The predicted molar refractivity (Wildman–Crippen MR) is 49.1 cm³/mol. The number of hydrogen-bond donors (Lipinski definition) is 1. The van der Waals surface area contributed by atoms with E-state index >= 15 is 0 Å². The molecule has 0 aliphatic heterocycles. The maximum absolute atomic E-state index is 11.0. The fraction of sp³-hybridized carbons (Fsp3) is 0.400. The molecule has 0 saturated carbocycles. The van der Waals surface area contributed by atoms with E-state index in [1.165, 1.54) is 4.68 Å². The molecule has 0 spiro atoms. The minimum absolute atomic E-state index is 0.0185. The van der Waals surface area contributed by atoms with Crippen LogP contribution in [0.15, 0.2) is 4.90 Å². The van der Waals surface area contributed by atoms with Crippen molar-refractivity contribution in [3.05, 3.63) is 10.8 Å². The van der Waals surface area contributed by atoms with Crippen LogP contribution in [0.1, 0.15) is 5.69 Å². The molecule has 0 saturated heterocycles. The molecule has 12 heavy (non-hydrogen) atoms. The van der Waals surface area contributed by atoms with Gasteiger partial charge in [0.15, 0.2) is 0 Å². The molecule has 1 heterocycles. The van der Waals surface area contributed by atoms with Gasteiger partial charge in [-0.15, -0.1) is 0 Å². The van der Waals surface area contributed by atoms with Gasteiger partial charge >= 0.3 is 0 Å². The molecule has 0 bridgehead atoms. The molecule has 7 heteroatoms. The number of hydrogen-bond acceptors (Lipinski definition) is 3. The molecule has 0 atom stereocenters. The Morgan fingerprint density at radius 1 is 1.58 bits per heavy atom. The zero-order chi connectivity index (χ0) is 9.52. The van der Waals surface area contributed by atoms with Gasteiger partial charge in [-0.25, -0.2) is 8.42 Å². The van der Waals surface area contributed by atoms with Crippen LogP contribution in [0, 0.1) is 6.92 Å². The molecule has 1 aromatic heterocycles. The van der Waals surface area contributed by atoms with E-state index in [1.807, 2.05) is 0 Å². The van der Waals surface area contributed by atoms with Gasteiger partial charge in [-0.3, -0.25) is 4.68 Å². The van der Waals surface area contributed by atoms with Crippen molar-refractivity contribution in [2.24, 2.45) is 7.05 Å². The van der Waals surface area contributed by atoms with Crippen molar-refractivity contribution in [3.8, 4) is 0 Å². The Labute approximate surface area is 80.3 Å². The summed E-state index contributed by atoms with van der Waals surface area (Å²) in [6, 6.07) is 0. The number of thiol groups is 1. The van der Waals surface area contributed by atoms with E-state index in [-0.39, 0.29) is 10.0 Å². The Morgan fingerprint density at radius 3 is 2.25 bits per heavy atom. The van der Waals surface area contributed by atoms with Crippen molar-refractivity contribution < 1.29 is 8.42 Å². The van der Waals surface area contributed by atoms with Crippen LogP contribution in [0.25, 0.3) is 0 Å². The lowest BCUT2D eigenvalue weighted by molar-refractivity contribution is 0.610. The van der Waals surface area contributed by atoms with Gasteiger partial charge < -0.3 is 0 Å². The van der Waals surface area contributed by atoms with Crippen LogP contribution in [-0.2, 0) is 15.9 Å². The number of rotatable bonds is 1. The van der Waals surface area contributed by atoms with E-state index in [4.69, 9.17) is 11.6 Å². The van der Waals surface area contributed by atoms with Crippen molar-refractivity contribution in [3.63, 3.8) is 0 Å². The summed E-state index contributed by atoms with van der Waals surface area (Å²) in [6.07, 6.45) is 0. The van der Waals surface area contributed by atoms with Crippen LogP contribution < -0.4 is 0 Å². The minimum Gasteiger partial charge on any atom is -0.255 e.